The van der Waals surface area contributed by atoms with Gasteiger partial charge in [0.25, 0.3) is 0 Å². The Kier molecular flexibility index (Phi) is 2.38. The summed E-state index contributed by atoms with van der Waals surface area (Å²) in [4.78, 5) is 0. The van der Waals surface area contributed by atoms with Gasteiger partial charge in [-0.25, -0.2) is 0 Å². The molecule has 4 atom stereocenters. The van der Waals surface area contributed by atoms with Gasteiger partial charge in [0.1, 0.15) is 0 Å². The summed E-state index contributed by atoms with van der Waals surface area (Å²) in [5.74, 6) is 4.58. The second-order valence-corrected chi connectivity index (χ2v) is 5.67. The lowest BCUT2D eigenvalue weighted by Crippen LogP contribution is -2.21. The maximum absolute atomic E-state index is 2.44. The molecule has 0 spiro atoms. The summed E-state index contributed by atoms with van der Waals surface area (Å²) >= 11 is 0. The average molecular weight is 212 g/mol. The van der Waals surface area contributed by atoms with Crippen LogP contribution in [0.25, 0.3) is 0 Å². The molecule has 0 aromatic rings. The zero-order valence-electron chi connectivity index (χ0n) is 10.1. The van der Waals surface area contributed by atoms with Gasteiger partial charge >= 0.3 is 0 Å². The maximum atomic E-state index is 2.44. The second-order valence-electron chi connectivity index (χ2n) is 5.67. The van der Waals surface area contributed by atoms with Gasteiger partial charge in [-0.15, -0.1) is 0 Å². The molecule has 84 valence electrons. The van der Waals surface area contributed by atoms with E-state index in [2.05, 4.69) is 62.5 Å². The summed E-state index contributed by atoms with van der Waals surface area (Å²) in [6, 6.07) is 0. The predicted molar refractivity (Wildman–Crippen MR) is 68.8 cm³/mol. The summed E-state index contributed by atoms with van der Waals surface area (Å²) in [7, 11) is 0. The van der Waals surface area contributed by atoms with Crippen LogP contribution in [0.4, 0.5) is 0 Å². The Hall–Kier alpha value is -1.04. The lowest BCUT2D eigenvalue weighted by molar-refractivity contribution is 0.279. The van der Waals surface area contributed by atoms with Crippen LogP contribution in [0.5, 0.6) is 0 Å². The van der Waals surface area contributed by atoms with Crippen molar-refractivity contribution < 1.29 is 0 Å². The van der Waals surface area contributed by atoms with Crippen molar-refractivity contribution in [1.82, 2.24) is 0 Å². The van der Waals surface area contributed by atoms with Crippen molar-refractivity contribution in [2.75, 3.05) is 0 Å². The molecule has 0 heteroatoms. The molecule has 3 aliphatic carbocycles. The summed E-state index contributed by atoms with van der Waals surface area (Å²) < 4.78 is 0. The van der Waals surface area contributed by atoms with Crippen LogP contribution in [0.2, 0.25) is 0 Å². The number of hydrogen-bond acceptors (Lipinski definition) is 0. The fraction of sp³-hybridized carbons (Fsp3) is 0.500. The topological polar surface area (TPSA) is 0 Å². The van der Waals surface area contributed by atoms with E-state index in [0.29, 0.717) is 0 Å². The van der Waals surface area contributed by atoms with Crippen LogP contribution in [0.3, 0.4) is 0 Å². The quantitative estimate of drug-likeness (QED) is 0.616. The van der Waals surface area contributed by atoms with Crippen LogP contribution >= 0.6 is 0 Å². The molecule has 16 heavy (non-hydrogen) atoms. The zero-order chi connectivity index (χ0) is 11.1. The molecule has 3 aliphatic rings. The molecule has 0 radical (unpaired) electrons. The first-order valence-corrected chi connectivity index (χ1v) is 6.49. The van der Waals surface area contributed by atoms with E-state index in [0.717, 1.165) is 35.5 Å². The van der Waals surface area contributed by atoms with E-state index in [9.17, 15) is 0 Å². The van der Waals surface area contributed by atoms with Crippen molar-refractivity contribution in [3.8, 4) is 0 Å². The molecule has 0 N–H and O–H groups in total. The normalized spacial score (nSPS) is 43.8. The van der Waals surface area contributed by atoms with Crippen LogP contribution in [0, 0.1) is 35.5 Å². The highest BCUT2D eigenvalue weighted by Gasteiger charge is 2.47. The van der Waals surface area contributed by atoms with Gasteiger partial charge in [-0.1, -0.05) is 62.5 Å². The highest BCUT2D eigenvalue weighted by atomic mass is 14.5. The number of hydrogen-bond donors (Lipinski definition) is 0. The Balaban J connectivity index is 2.00. The molecule has 0 aliphatic heterocycles. The van der Waals surface area contributed by atoms with E-state index < -0.39 is 0 Å². The first kappa shape index (κ1) is 10.1. The van der Waals surface area contributed by atoms with Crippen molar-refractivity contribution in [1.29, 1.82) is 0 Å². The molecule has 0 aromatic carbocycles. The van der Waals surface area contributed by atoms with E-state index >= 15 is 0 Å². The largest absolute Gasteiger partial charge is 0.0805 e. The van der Waals surface area contributed by atoms with E-state index in [1.165, 1.54) is 0 Å². The smallest absolute Gasteiger partial charge is 0.00955 e. The van der Waals surface area contributed by atoms with Crippen LogP contribution in [0.1, 0.15) is 13.8 Å². The van der Waals surface area contributed by atoms with Gasteiger partial charge < -0.3 is 0 Å². The van der Waals surface area contributed by atoms with Crippen molar-refractivity contribution in [3.63, 3.8) is 0 Å². The lowest BCUT2D eigenvalue weighted by atomic mass is 9.77. The van der Waals surface area contributed by atoms with Crippen molar-refractivity contribution in [2.45, 2.75) is 13.8 Å². The van der Waals surface area contributed by atoms with E-state index in [4.69, 9.17) is 0 Å². The molecular formula is C16H20. The molecule has 4 unspecified atom stereocenters. The Labute approximate surface area is 98.4 Å². The summed E-state index contributed by atoms with van der Waals surface area (Å²) in [6.07, 6.45) is 18.7. The molecule has 0 bridgehead atoms. The second kappa shape index (κ2) is 3.76. The van der Waals surface area contributed by atoms with E-state index in [1.54, 1.807) is 0 Å². The van der Waals surface area contributed by atoms with Crippen molar-refractivity contribution in [2.24, 2.45) is 35.5 Å². The SMILES string of the molecule is CC(C)C1C2C=CC=CC2C2C=CC=CC21. The minimum absolute atomic E-state index is 0.739. The molecule has 0 amide bonds. The molecule has 1 saturated carbocycles. The minimum atomic E-state index is 0.739. The van der Waals surface area contributed by atoms with Crippen LogP contribution in [-0.2, 0) is 0 Å². The number of allylic oxidation sites excluding steroid dienone is 8. The Morgan fingerprint density at radius 1 is 0.625 bits per heavy atom. The van der Waals surface area contributed by atoms with E-state index in [1.807, 2.05) is 0 Å². The first-order chi connectivity index (χ1) is 7.79. The van der Waals surface area contributed by atoms with Gasteiger partial charge in [0.05, 0.1) is 0 Å². The third-order valence-corrected chi connectivity index (χ3v) is 4.55. The third-order valence-electron chi connectivity index (χ3n) is 4.55. The van der Waals surface area contributed by atoms with Crippen LogP contribution in [0.15, 0.2) is 48.6 Å². The average Bonchev–Trinajstić information content (AvgIpc) is 2.63. The molecule has 0 aromatic heterocycles. The molecule has 0 nitrogen and oxygen atoms in total. The minimum Gasteiger partial charge on any atom is -0.0805 e. The van der Waals surface area contributed by atoms with Gasteiger partial charge in [-0.2, -0.15) is 0 Å². The number of rotatable bonds is 1. The first-order valence-electron chi connectivity index (χ1n) is 6.49. The zero-order valence-corrected chi connectivity index (χ0v) is 10.1. The van der Waals surface area contributed by atoms with E-state index in [-0.39, 0.29) is 0 Å². The molecule has 1 fully saturated rings. The van der Waals surface area contributed by atoms with Crippen molar-refractivity contribution in [3.05, 3.63) is 48.6 Å². The van der Waals surface area contributed by atoms with Crippen molar-refractivity contribution >= 4 is 0 Å². The summed E-state index contributed by atoms with van der Waals surface area (Å²) in [5, 5.41) is 0. The number of fused-ring (bicyclic) bond motifs is 3. The Morgan fingerprint density at radius 2 is 1.00 bits per heavy atom. The molecule has 3 rings (SSSR count). The van der Waals surface area contributed by atoms with Gasteiger partial charge in [-0.05, 0) is 35.5 Å². The van der Waals surface area contributed by atoms with Gasteiger partial charge in [0.2, 0.25) is 0 Å². The summed E-state index contributed by atoms with van der Waals surface area (Å²) in [6.45, 7) is 4.75. The predicted octanol–water partition coefficient (Wildman–Crippen LogP) is 3.99. The lowest BCUT2D eigenvalue weighted by Gasteiger charge is -2.27. The van der Waals surface area contributed by atoms with Gasteiger partial charge in [-0.3, -0.25) is 0 Å². The summed E-state index contributed by atoms with van der Waals surface area (Å²) in [5.41, 5.74) is 0. The molecule has 0 saturated heterocycles. The fourth-order valence-corrected chi connectivity index (χ4v) is 3.97. The van der Waals surface area contributed by atoms with Gasteiger partial charge in [0, 0.05) is 0 Å². The Morgan fingerprint density at radius 3 is 1.38 bits per heavy atom. The van der Waals surface area contributed by atoms with Crippen LogP contribution < -0.4 is 0 Å². The molecule has 0 heterocycles. The highest BCUT2D eigenvalue weighted by molar-refractivity contribution is 5.28. The monoisotopic (exact) mass is 212 g/mol. The third kappa shape index (κ3) is 1.36. The van der Waals surface area contributed by atoms with Crippen LogP contribution in [-0.4, -0.2) is 0 Å². The maximum Gasteiger partial charge on any atom is -0.00955 e. The Bertz CT molecular complexity index is 347. The molecular weight excluding hydrogens is 192 g/mol. The highest BCUT2D eigenvalue weighted by Crippen LogP contribution is 2.53. The fourth-order valence-electron chi connectivity index (χ4n) is 3.97. The standard InChI is InChI=1S/C16H20/c1-11(2)16-14-9-5-3-7-12(14)13-8-4-6-10-15(13)16/h3-16H,1-2H3. The van der Waals surface area contributed by atoms with Gasteiger partial charge in [0.15, 0.2) is 0 Å².